The number of ether oxygens (including phenoxy) is 1. The van der Waals surface area contributed by atoms with E-state index in [-0.39, 0.29) is 11.9 Å². The number of benzene rings is 3. The summed E-state index contributed by atoms with van der Waals surface area (Å²) in [5.41, 5.74) is 2.10. The van der Waals surface area contributed by atoms with Gasteiger partial charge in [0.25, 0.3) is 0 Å². The Morgan fingerprint density at radius 2 is 1.79 bits per heavy atom. The number of hydrogen-bond donors (Lipinski definition) is 1. The Morgan fingerprint density at radius 1 is 1.00 bits per heavy atom. The number of rotatable bonds is 3. The smallest absolute Gasteiger partial charge is 0.224 e. The van der Waals surface area contributed by atoms with Crippen LogP contribution < -0.4 is 10.1 Å². The molecule has 3 aromatic rings. The Bertz CT molecular complexity index is 888. The van der Waals surface area contributed by atoms with Gasteiger partial charge in [-0.25, -0.2) is 0 Å². The summed E-state index contributed by atoms with van der Waals surface area (Å²) in [5.74, 6) is 0.923. The molecule has 0 aliphatic carbocycles. The van der Waals surface area contributed by atoms with E-state index >= 15 is 0 Å². The number of carbonyl (C=O) groups is 1. The van der Waals surface area contributed by atoms with Crippen LogP contribution in [0.1, 0.15) is 23.6 Å². The second-order valence-electron chi connectivity index (χ2n) is 6.15. The molecular formula is C21H19NO2. The lowest BCUT2D eigenvalue weighted by Crippen LogP contribution is -2.33. The van der Waals surface area contributed by atoms with Crippen molar-refractivity contribution >= 4 is 16.7 Å². The van der Waals surface area contributed by atoms with Crippen LogP contribution in [0.2, 0.25) is 0 Å². The Morgan fingerprint density at radius 3 is 2.71 bits per heavy atom. The Hall–Kier alpha value is -2.81. The molecule has 3 aromatic carbocycles. The van der Waals surface area contributed by atoms with Gasteiger partial charge in [0, 0.05) is 12.0 Å². The van der Waals surface area contributed by atoms with Gasteiger partial charge in [-0.15, -0.1) is 0 Å². The molecule has 0 spiro atoms. The molecule has 1 atom stereocenters. The fourth-order valence-corrected chi connectivity index (χ4v) is 3.27. The van der Waals surface area contributed by atoms with Gasteiger partial charge in [-0.2, -0.15) is 0 Å². The average molecular weight is 317 g/mol. The summed E-state index contributed by atoms with van der Waals surface area (Å²) in [6.07, 6.45) is 1.20. The lowest BCUT2D eigenvalue weighted by molar-refractivity contribution is -0.121. The number of hydrogen-bond acceptors (Lipinski definition) is 2. The van der Waals surface area contributed by atoms with E-state index in [1.165, 1.54) is 10.8 Å². The minimum Gasteiger partial charge on any atom is -0.493 e. The molecule has 1 heterocycles. The molecule has 3 nitrogen and oxygen atoms in total. The van der Waals surface area contributed by atoms with Crippen LogP contribution in [0.5, 0.6) is 5.75 Å². The van der Waals surface area contributed by atoms with E-state index in [1.807, 2.05) is 42.5 Å². The van der Waals surface area contributed by atoms with Crippen molar-refractivity contribution in [1.82, 2.24) is 5.32 Å². The average Bonchev–Trinajstić information content (AvgIpc) is 2.62. The van der Waals surface area contributed by atoms with Gasteiger partial charge in [0.2, 0.25) is 5.91 Å². The molecule has 0 fully saturated rings. The van der Waals surface area contributed by atoms with Crippen LogP contribution in [0.4, 0.5) is 0 Å². The summed E-state index contributed by atoms with van der Waals surface area (Å²) in [6.45, 7) is 0.637. The molecule has 1 amide bonds. The largest absolute Gasteiger partial charge is 0.493 e. The lowest BCUT2D eigenvalue weighted by atomic mass is 10.00. The van der Waals surface area contributed by atoms with Crippen molar-refractivity contribution in [2.75, 3.05) is 6.61 Å². The van der Waals surface area contributed by atoms with Gasteiger partial charge in [-0.3, -0.25) is 4.79 Å². The Kier molecular flexibility index (Phi) is 3.91. The highest BCUT2D eigenvalue weighted by Gasteiger charge is 2.22. The molecule has 1 N–H and O–H groups in total. The summed E-state index contributed by atoms with van der Waals surface area (Å²) in [4.78, 5) is 12.5. The van der Waals surface area contributed by atoms with Gasteiger partial charge in [0.1, 0.15) is 5.75 Å². The molecule has 0 aromatic heterocycles. The first-order valence-electron chi connectivity index (χ1n) is 8.28. The van der Waals surface area contributed by atoms with Crippen LogP contribution in [0.3, 0.4) is 0 Å². The van der Waals surface area contributed by atoms with Crippen molar-refractivity contribution in [2.24, 2.45) is 0 Å². The van der Waals surface area contributed by atoms with Crippen molar-refractivity contribution in [2.45, 2.75) is 18.9 Å². The summed E-state index contributed by atoms with van der Waals surface area (Å²) >= 11 is 0. The molecule has 0 saturated carbocycles. The number of para-hydroxylation sites is 1. The fraction of sp³-hybridized carbons (Fsp3) is 0.190. The van der Waals surface area contributed by atoms with Crippen LogP contribution in [0.15, 0.2) is 66.7 Å². The molecule has 0 radical (unpaired) electrons. The first-order chi connectivity index (χ1) is 11.8. The quantitative estimate of drug-likeness (QED) is 0.792. The molecule has 24 heavy (non-hydrogen) atoms. The Labute approximate surface area is 141 Å². The van der Waals surface area contributed by atoms with E-state index in [1.54, 1.807) is 0 Å². The van der Waals surface area contributed by atoms with Crippen molar-refractivity contribution < 1.29 is 9.53 Å². The molecule has 1 aliphatic rings. The maximum absolute atomic E-state index is 12.5. The zero-order valence-corrected chi connectivity index (χ0v) is 13.4. The first kappa shape index (κ1) is 14.8. The highest BCUT2D eigenvalue weighted by molar-refractivity contribution is 5.85. The monoisotopic (exact) mass is 317 g/mol. The van der Waals surface area contributed by atoms with Gasteiger partial charge < -0.3 is 10.1 Å². The van der Waals surface area contributed by atoms with Crippen molar-refractivity contribution in [3.05, 3.63) is 77.9 Å². The minimum absolute atomic E-state index is 0.0305. The normalized spacial score (nSPS) is 16.2. The maximum Gasteiger partial charge on any atom is 0.224 e. The summed E-state index contributed by atoms with van der Waals surface area (Å²) in [7, 11) is 0. The van der Waals surface area contributed by atoms with Crippen molar-refractivity contribution in [3.63, 3.8) is 0 Å². The maximum atomic E-state index is 12.5. The fourth-order valence-electron chi connectivity index (χ4n) is 3.27. The molecular weight excluding hydrogens is 298 g/mol. The zero-order valence-electron chi connectivity index (χ0n) is 13.4. The predicted octanol–water partition coefficient (Wildman–Crippen LogP) is 4.02. The minimum atomic E-state index is 0.0305. The highest BCUT2D eigenvalue weighted by Crippen LogP contribution is 2.31. The standard InChI is InChI=1S/C21H19NO2/c23-21(14-15-9-10-16-5-1-2-6-17(16)13-15)22-19-11-12-24-20-8-4-3-7-18(19)20/h1-10,13,19H,11-12,14H2,(H,22,23)/t19-/m0/s1. The molecule has 4 rings (SSSR count). The SMILES string of the molecule is O=C(Cc1ccc2ccccc2c1)N[C@H]1CCOc2ccccc21. The summed E-state index contributed by atoms with van der Waals surface area (Å²) < 4.78 is 5.65. The number of nitrogens with one attached hydrogen (secondary N) is 1. The predicted molar refractivity (Wildman–Crippen MR) is 95.1 cm³/mol. The molecule has 1 aliphatic heterocycles. The second-order valence-corrected chi connectivity index (χ2v) is 6.15. The van der Waals surface area contributed by atoms with Crippen LogP contribution in [-0.2, 0) is 11.2 Å². The topological polar surface area (TPSA) is 38.3 Å². The summed E-state index contributed by atoms with van der Waals surface area (Å²) in [5, 5.41) is 5.51. The summed E-state index contributed by atoms with van der Waals surface area (Å²) in [6, 6.07) is 22.3. The highest BCUT2D eigenvalue weighted by atomic mass is 16.5. The van der Waals surface area contributed by atoms with E-state index in [0.29, 0.717) is 13.0 Å². The molecule has 120 valence electrons. The van der Waals surface area contributed by atoms with Crippen LogP contribution in [-0.4, -0.2) is 12.5 Å². The van der Waals surface area contributed by atoms with Gasteiger partial charge in [-0.1, -0.05) is 60.7 Å². The molecule has 0 saturated heterocycles. The third kappa shape index (κ3) is 2.98. The second kappa shape index (κ2) is 6.36. The van der Waals surface area contributed by atoms with Gasteiger partial charge >= 0.3 is 0 Å². The van der Waals surface area contributed by atoms with Crippen LogP contribution in [0, 0.1) is 0 Å². The van der Waals surface area contributed by atoms with E-state index in [0.717, 1.165) is 23.3 Å². The van der Waals surface area contributed by atoms with E-state index in [2.05, 4.69) is 29.6 Å². The lowest BCUT2D eigenvalue weighted by Gasteiger charge is -2.26. The van der Waals surface area contributed by atoms with Gasteiger partial charge in [0.05, 0.1) is 19.1 Å². The number of fused-ring (bicyclic) bond motifs is 2. The van der Waals surface area contributed by atoms with Gasteiger partial charge in [-0.05, 0) is 22.4 Å². The number of carbonyl (C=O) groups excluding carboxylic acids is 1. The number of amides is 1. The first-order valence-corrected chi connectivity index (χ1v) is 8.28. The van der Waals surface area contributed by atoms with Crippen LogP contribution in [0.25, 0.3) is 10.8 Å². The van der Waals surface area contributed by atoms with Crippen LogP contribution >= 0.6 is 0 Å². The van der Waals surface area contributed by atoms with Crippen molar-refractivity contribution in [1.29, 1.82) is 0 Å². The Balaban J connectivity index is 1.48. The van der Waals surface area contributed by atoms with E-state index < -0.39 is 0 Å². The zero-order chi connectivity index (χ0) is 16.4. The third-order valence-electron chi connectivity index (χ3n) is 4.47. The van der Waals surface area contributed by atoms with E-state index in [9.17, 15) is 4.79 Å². The molecule has 0 bridgehead atoms. The third-order valence-corrected chi connectivity index (χ3v) is 4.47. The van der Waals surface area contributed by atoms with Gasteiger partial charge in [0.15, 0.2) is 0 Å². The van der Waals surface area contributed by atoms with E-state index in [4.69, 9.17) is 4.74 Å². The van der Waals surface area contributed by atoms with Crippen molar-refractivity contribution in [3.8, 4) is 5.75 Å². The molecule has 0 unspecified atom stereocenters. The molecule has 3 heteroatoms.